The Balaban J connectivity index is 2.69. The standard InChI is InChI=1S/C25H38NO2/c1-8-28-24(27)19-26(7)18-16-21(3)12-9-11-20(2)14-15-23-22(4)13-10-17-25(23,5)6/h9,11-12,14-16,18H,8,10,13,17,19H2,1-7H3/q+1/b12-9+,15-14+,20-11+,21-16+,26-18?. The number of hydrogen-bond donors (Lipinski definition) is 0. The molecule has 1 aliphatic rings. The van der Waals surface area contributed by atoms with E-state index in [2.05, 4.69) is 58.1 Å². The summed E-state index contributed by atoms with van der Waals surface area (Å²) in [5.74, 6) is -0.209. The molecule has 1 aliphatic carbocycles. The van der Waals surface area contributed by atoms with E-state index in [1.54, 1.807) is 0 Å². The van der Waals surface area contributed by atoms with Crippen LogP contribution in [0.4, 0.5) is 0 Å². The van der Waals surface area contributed by atoms with Gasteiger partial charge in [0, 0.05) is 6.08 Å². The van der Waals surface area contributed by atoms with E-state index in [4.69, 9.17) is 4.74 Å². The number of nitrogens with zero attached hydrogens (tertiary/aromatic N) is 1. The average Bonchev–Trinajstić information content (AvgIpc) is 2.59. The topological polar surface area (TPSA) is 29.3 Å². The van der Waals surface area contributed by atoms with Gasteiger partial charge in [0.15, 0.2) is 6.21 Å². The largest absolute Gasteiger partial charge is 0.461 e. The van der Waals surface area contributed by atoms with Crippen LogP contribution in [0.3, 0.4) is 0 Å². The van der Waals surface area contributed by atoms with Crippen molar-refractivity contribution in [2.45, 2.75) is 60.8 Å². The molecule has 0 N–H and O–H groups in total. The lowest BCUT2D eigenvalue weighted by Crippen LogP contribution is -2.20. The summed E-state index contributed by atoms with van der Waals surface area (Å²) in [6.45, 7) is 13.6. The molecule has 0 amide bonds. The molecule has 0 unspecified atom stereocenters. The van der Waals surface area contributed by atoms with Crippen molar-refractivity contribution in [2.75, 3.05) is 20.2 Å². The minimum atomic E-state index is -0.209. The molecular formula is C25H38NO2+. The molecule has 0 spiro atoms. The fraction of sp³-hybridized carbons (Fsp3) is 0.520. The van der Waals surface area contributed by atoms with Crippen LogP contribution >= 0.6 is 0 Å². The Kier molecular flexibility index (Phi) is 9.92. The summed E-state index contributed by atoms with van der Waals surface area (Å²) in [7, 11) is 1.86. The van der Waals surface area contributed by atoms with E-state index in [0.29, 0.717) is 6.61 Å². The molecule has 1 rings (SSSR count). The van der Waals surface area contributed by atoms with Crippen molar-refractivity contribution in [1.29, 1.82) is 0 Å². The van der Waals surface area contributed by atoms with Crippen molar-refractivity contribution in [2.24, 2.45) is 5.41 Å². The van der Waals surface area contributed by atoms with Gasteiger partial charge in [0.25, 0.3) is 0 Å². The molecule has 0 saturated carbocycles. The van der Waals surface area contributed by atoms with Crippen molar-refractivity contribution in [3.63, 3.8) is 0 Å². The monoisotopic (exact) mass is 384 g/mol. The Labute approximate surface area is 171 Å². The third-order valence-electron chi connectivity index (χ3n) is 5.05. The van der Waals surface area contributed by atoms with Crippen LogP contribution in [0.1, 0.15) is 60.8 Å². The molecule has 0 heterocycles. The molecule has 28 heavy (non-hydrogen) atoms. The molecule has 0 atom stereocenters. The molecule has 0 aromatic rings. The van der Waals surface area contributed by atoms with Crippen molar-refractivity contribution in [3.05, 3.63) is 58.7 Å². The highest BCUT2D eigenvalue weighted by atomic mass is 16.5. The van der Waals surface area contributed by atoms with Crippen molar-refractivity contribution >= 4 is 12.2 Å². The smallest absolute Gasteiger partial charge is 0.372 e. The van der Waals surface area contributed by atoms with E-state index >= 15 is 0 Å². The van der Waals surface area contributed by atoms with Gasteiger partial charge in [-0.3, -0.25) is 0 Å². The minimum absolute atomic E-state index is 0.209. The van der Waals surface area contributed by atoms with Gasteiger partial charge >= 0.3 is 5.97 Å². The van der Waals surface area contributed by atoms with E-state index in [1.165, 1.54) is 36.0 Å². The fourth-order valence-corrected chi connectivity index (χ4v) is 3.40. The predicted octanol–water partition coefficient (Wildman–Crippen LogP) is 5.79. The number of ether oxygens (including phenoxy) is 1. The van der Waals surface area contributed by atoms with Gasteiger partial charge in [-0.15, -0.1) is 0 Å². The summed E-state index contributed by atoms with van der Waals surface area (Å²) in [6, 6.07) is 0. The van der Waals surface area contributed by atoms with Gasteiger partial charge in [-0.05, 0) is 63.5 Å². The molecule has 154 valence electrons. The summed E-state index contributed by atoms with van der Waals surface area (Å²) < 4.78 is 6.76. The Hall–Kier alpha value is -2.16. The van der Waals surface area contributed by atoms with Gasteiger partial charge in [-0.2, -0.15) is 0 Å². The highest BCUT2D eigenvalue weighted by molar-refractivity contribution is 5.73. The maximum atomic E-state index is 11.4. The number of carbonyl (C=O) groups excluding carboxylic acids is 1. The maximum Gasteiger partial charge on any atom is 0.372 e. The van der Waals surface area contributed by atoms with Crippen LogP contribution in [0.25, 0.3) is 0 Å². The number of esters is 1. The van der Waals surface area contributed by atoms with Gasteiger partial charge in [-0.1, -0.05) is 55.4 Å². The molecular weight excluding hydrogens is 346 g/mol. The van der Waals surface area contributed by atoms with Gasteiger partial charge < -0.3 is 4.74 Å². The first-order chi connectivity index (χ1) is 13.2. The lowest BCUT2D eigenvalue weighted by Gasteiger charge is -2.32. The van der Waals surface area contributed by atoms with E-state index in [0.717, 1.165) is 5.57 Å². The lowest BCUT2D eigenvalue weighted by atomic mass is 9.72. The van der Waals surface area contributed by atoms with E-state index in [9.17, 15) is 4.79 Å². The summed E-state index contributed by atoms with van der Waals surface area (Å²) in [4.78, 5) is 11.4. The Morgan fingerprint density at radius 1 is 1.18 bits per heavy atom. The first-order valence-electron chi connectivity index (χ1n) is 10.3. The predicted molar refractivity (Wildman–Crippen MR) is 120 cm³/mol. The molecule has 3 heteroatoms. The molecule has 0 radical (unpaired) electrons. The quantitative estimate of drug-likeness (QED) is 0.229. The number of allylic oxidation sites excluding steroid dienone is 10. The second-order valence-electron chi connectivity index (χ2n) is 8.31. The summed E-state index contributed by atoms with van der Waals surface area (Å²) in [5.41, 5.74) is 5.65. The SMILES string of the molecule is CCOC(=O)C[N+](C)=C/C=C(C)/C=C/C=C(C)/C=C/C1=C(C)CCCC1(C)C. The second-order valence-corrected chi connectivity index (χ2v) is 8.31. The molecule has 0 aromatic carbocycles. The highest BCUT2D eigenvalue weighted by Gasteiger charge is 2.26. The Bertz CT molecular complexity index is 728. The zero-order valence-corrected chi connectivity index (χ0v) is 18.8. The third-order valence-corrected chi connectivity index (χ3v) is 5.05. The van der Waals surface area contributed by atoms with Crippen LogP contribution in [0.5, 0.6) is 0 Å². The molecule has 0 saturated heterocycles. The van der Waals surface area contributed by atoms with Crippen molar-refractivity contribution in [1.82, 2.24) is 0 Å². The maximum absolute atomic E-state index is 11.4. The Morgan fingerprint density at radius 2 is 1.86 bits per heavy atom. The fourth-order valence-electron chi connectivity index (χ4n) is 3.40. The Morgan fingerprint density at radius 3 is 2.50 bits per heavy atom. The summed E-state index contributed by atoms with van der Waals surface area (Å²) in [6.07, 6.45) is 18.4. The number of carbonyl (C=O) groups is 1. The average molecular weight is 385 g/mol. The van der Waals surface area contributed by atoms with E-state index in [1.807, 2.05) is 37.8 Å². The lowest BCUT2D eigenvalue weighted by molar-refractivity contribution is -0.482. The summed E-state index contributed by atoms with van der Waals surface area (Å²) in [5, 5.41) is 0. The molecule has 0 bridgehead atoms. The van der Waals surface area contributed by atoms with Crippen molar-refractivity contribution in [3.8, 4) is 0 Å². The van der Waals surface area contributed by atoms with Gasteiger partial charge in [0.1, 0.15) is 7.05 Å². The number of hydrogen-bond acceptors (Lipinski definition) is 2. The number of rotatable bonds is 8. The minimum Gasteiger partial charge on any atom is -0.461 e. The van der Waals surface area contributed by atoms with Crippen LogP contribution in [0.15, 0.2) is 58.7 Å². The first kappa shape index (κ1) is 23.9. The molecule has 0 fully saturated rings. The van der Waals surface area contributed by atoms with Crippen LogP contribution in [-0.2, 0) is 9.53 Å². The first-order valence-corrected chi connectivity index (χ1v) is 10.3. The highest BCUT2D eigenvalue weighted by Crippen LogP contribution is 2.40. The van der Waals surface area contributed by atoms with Gasteiger partial charge in [0.2, 0.25) is 6.54 Å². The molecule has 3 nitrogen and oxygen atoms in total. The zero-order valence-electron chi connectivity index (χ0n) is 18.8. The zero-order chi connectivity index (χ0) is 21.2. The normalized spacial score (nSPS) is 19.0. The van der Waals surface area contributed by atoms with Crippen LogP contribution in [-0.4, -0.2) is 37.0 Å². The van der Waals surface area contributed by atoms with Crippen LogP contribution in [0.2, 0.25) is 0 Å². The van der Waals surface area contributed by atoms with Crippen LogP contribution < -0.4 is 0 Å². The van der Waals surface area contributed by atoms with Crippen LogP contribution in [0, 0.1) is 5.41 Å². The summed E-state index contributed by atoms with van der Waals surface area (Å²) >= 11 is 0. The second kappa shape index (κ2) is 11.6. The number of likely N-dealkylation sites (N-methyl/N-ethyl adjacent to an activating group) is 1. The third kappa shape index (κ3) is 8.69. The van der Waals surface area contributed by atoms with Crippen molar-refractivity contribution < 1.29 is 14.1 Å². The van der Waals surface area contributed by atoms with E-state index in [-0.39, 0.29) is 17.9 Å². The molecule has 0 aromatic heterocycles. The van der Waals surface area contributed by atoms with Gasteiger partial charge in [-0.25, -0.2) is 9.37 Å². The molecule has 0 aliphatic heterocycles. The van der Waals surface area contributed by atoms with Gasteiger partial charge in [0.05, 0.1) is 6.61 Å². The van der Waals surface area contributed by atoms with E-state index < -0.39 is 0 Å².